The van der Waals surface area contributed by atoms with Crippen molar-refractivity contribution in [2.45, 2.75) is 13.1 Å². The van der Waals surface area contributed by atoms with Crippen molar-refractivity contribution >= 4 is 11.6 Å². The zero-order valence-electron chi connectivity index (χ0n) is 14.9. The molecule has 0 unspecified atom stereocenters. The molecule has 0 saturated carbocycles. The molecule has 7 nitrogen and oxygen atoms in total. The third kappa shape index (κ3) is 3.78. The Morgan fingerprint density at radius 3 is 2.36 bits per heavy atom. The van der Waals surface area contributed by atoms with Crippen LogP contribution in [0, 0.1) is 0 Å². The molecule has 2 aromatic carbocycles. The molecule has 0 fully saturated rings. The molecule has 0 radical (unpaired) electrons. The summed E-state index contributed by atoms with van der Waals surface area (Å²) in [5.74, 6) is -0.631. The van der Waals surface area contributed by atoms with Crippen LogP contribution in [0.4, 0.5) is 5.69 Å². The van der Waals surface area contributed by atoms with Crippen LogP contribution in [0.1, 0.15) is 5.56 Å². The highest BCUT2D eigenvalue weighted by molar-refractivity contribution is 5.93. The molecule has 2 aromatic heterocycles. The maximum atomic E-state index is 13.0. The summed E-state index contributed by atoms with van der Waals surface area (Å²) in [7, 11) is 0. The maximum Gasteiger partial charge on any atom is 0.437 e. The predicted molar refractivity (Wildman–Crippen MR) is 103 cm³/mol. The summed E-state index contributed by atoms with van der Waals surface area (Å²) in [5.41, 5.74) is 1.71. The van der Waals surface area contributed by atoms with Gasteiger partial charge in [-0.25, -0.2) is 4.79 Å². The number of furan rings is 1. The first-order valence-corrected chi connectivity index (χ1v) is 8.72. The number of amides is 1. The van der Waals surface area contributed by atoms with E-state index in [1.165, 1.54) is 6.26 Å². The second-order valence-electron chi connectivity index (χ2n) is 6.11. The van der Waals surface area contributed by atoms with Crippen LogP contribution in [0.25, 0.3) is 11.7 Å². The number of para-hydroxylation sites is 1. The molecule has 2 heterocycles. The van der Waals surface area contributed by atoms with Crippen LogP contribution in [0.3, 0.4) is 0 Å². The Hall–Kier alpha value is -3.87. The van der Waals surface area contributed by atoms with Crippen molar-refractivity contribution in [2.24, 2.45) is 0 Å². The SMILES string of the molecule is O=C(Cn1nc(-c2ccco2)oc1=O)N(Cc1ccccc1)c1ccccc1. The molecule has 0 aliphatic carbocycles. The van der Waals surface area contributed by atoms with Gasteiger partial charge in [0, 0.05) is 5.69 Å². The van der Waals surface area contributed by atoms with E-state index in [-0.39, 0.29) is 18.3 Å². The fourth-order valence-corrected chi connectivity index (χ4v) is 2.82. The second kappa shape index (κ2) is 7.79. The molecule has 0 atom stereocenters. The van der Waals surface area contributed by atoms with Crippen LogP contribution in [0.5, 0.6) is 0 Å². The molecular weight excluding hydrogens is 358 g/mol. The van der Waals surface area contributed by atoms with Crippen molar-refractivity contribution < 1.29 is 13.6 Å². The molecule has 0 bridgehead atoms. The minimum Gasteiger partial charge on any atom is -0.459 e. The lowest BCUT2D eigenvalue weighted by Gasteiger charge is -2.22. The zero-order chi connectivity index (χ0) is 19.3. The Morgan fingerprint density at radius 1 is 0.964 bits per heavy atom. The standard InChI is InChI=1S/C21H17N3O4/c25-19(15-24-21(26)28-20(22-24)18-12-7-13-27-18)23(17-10-5-2-6-11-17)14-16-8-3-1-4-9-16/h1-13H,14-15H2. The fraction of sp³-hybridized carbons (Fsp3) is 0.0952. The predicted octanol–water partition coefficient (Wildman–Crippen LogP) is 3.33. The average Bonchev–Trinajstić information content (AvgIpc) is 3.38. The van der Waals surface area contributed by atoms with E-state index >= 15 is 0 Å². The summed E-state index contributed by atoms with van der Waals surface area (Å²) in [6, 6.07) is 22.2. The van der Waals surface area contributed by atoms with E-state index in [1.807, 2.05) is 60.7 Å². The molecule has 0 aliphatic heterocycles. The Kier molecular flexibility index (Phi) is 4.88. The van der Waals surface area contributed by atoms with Gasteiger partial charge in [0.2, 0.25) is 5.91 Å². The van der Waals surface area contributed by atoms with Crippen molar-refractivity contribution in [3.05, 3.63) is 95.2 Å². The quantitative estimate of drug-likeness (QED) is 0.516. The van der Waals surface area contributed by atoms with E-state index in [2.05, 4.69) is 5.10 Å². The largest absolute Gasteiger partial charge is 0.459 e. The molecule has 7 heteroatoms. The topological polar surface area (TPSA) is 81.5 Å². The van der Waals surface area contributed by atoms with E-state index in [9.17, 15) is 9.59 Å². The van der Waals surface area contributed by atoms with E-state index in [0.717, 1.165) is 15.9 Å². The lowest BCUT2D eigenvalue weighted by Crippen LogP contribution is -2.35. The van der Waals surface area contributed by atoms with Crippen LogP contribution in [-0.4, -0.2) is 15.7 Å². The highest BCUT2D eigenvalue weighted by Crippen LogP contribution is 2.18. The van der Waals surface area contributed by atoms with Gasteiger partial charge in [0.25, 0.3) is 5.89 Å². The number of nitrogens with zero attached hydrogens (tertiary/aromatic N) is 3. The lowest BCUT2D eigenvalue weighted by atomic mass is 10.2. The van der Waals surface area contributed by atoms with Gasteiger partial charge in [-0.2, -0.15) is 4.68 Å². The van der Waals surface area contributed by atoms with Gasteiger partial charge < -0.3 is 13.7 Å². The lowest BCUT2D eigenvalue weighted by molar-refractivity contribution is -0.119. The van der Waals surface area contributed by atoms with Gasteiger partial charge in [0.1, 0.15) is 6.54 Å². The number of hydrogen-bond acceptors (Lipinski definition) is 5. The minimum absolute atomic E-state index is 0.0390. The first kappa shape index (κ1) is 17.5. The molecule has 28 heavy (non-hydrogen) atoms. The summed E-state index contributed by atoms with van der Waals surface area (Å²) >= 11 is 0. The molecule has 0 N–H and O–H groups in total. The Bertz CT molecular complexity index is 1100. The van der Waals surface area contributed by atoms with Crippen LogP contribution >= 0.6 is 0 Å². The first-order chi connectivity index (χ1) is 13.7. The van der Waals surface area contributed by atoms with Crippen molar-refractivity contribution in [3.8, 4) is 11.7 Å². The van der Waals surface area contributed by atoms with Crippen molar-refractivity contribution in [1.29, 1.82) is 0 Å². The van der Waals surface area contributed by atoms with Gasteiger partial charge in [0.05, 0.1) is 12.8 Å². The highest BCUT2D eigenvalue weighted by atomic mass is 16.4. The Labute approximate surface area is 160 Å². The zero-order valence-corrected chi connectivity index (χ0v) is 14.9. The van der Waals surface area contributed by atoms with Crippen molar-refractivity contribution in [2.75, 3.05) is 4.90 Å². The minimum atomic E-state index is -0.715. The van der Waals surface area contributed by atoms with E-state index in [1.54, 1.807) is 17.0 Å². The molecule has 1 amide bonds. The molecule has 0 saturated heterocycles. The van der Waals surface area contributed by atoms with Gasteiger partial charge in [0.15, 0.2) is 5.76 Å². The monoisotopic (exact) mass is 375 g/mol. The summed E-state index contributed by atoms with van der Waals surface area (Å²) < 4.78 is 11.3. The van der Waals surface area contributed by atoms with Gasteiger partial charge in [-0.1, -0.05) is 48.5 Å². The molecule has 4 aromatic rings. The second-order valence-corrected chi connectivity index (χ2v) is 6.11. The third-order valence-corrected chi connectivity index (χ3v) is 4.18. The third-order valence-electron chi connectivity index (χ3n) is 4.18. The molecule has 140 valence electrons. The average molecular weight is 375 g/mol. The van der Waals surface area contributed by atoms with Gasteiger partial charge >= 0.3 is 5.76 Å². The van der Waals surface area contributed by atoms with Crippen LogP contribution < -0.4 is 10.7 Å². The van der Waals surface area contributed by atoms with Gasteiger partial charge in [-0.3, -0.25) is 4.79 Å². The molecule has 4 rings (SSSR count). The number of hydrogen-bond donors (Lipinski definition) is 0. The van der Waals surface area contributed by atoms with Gasteiger partial charge in [-0.05, 0) is 29.8 Å². The van der Waals surface area contributed by atoms with Crippen molar-refractivity contribution in [1.82, 2.24) is 9.78 Å². The Morgan fingerprint density at radius 2 is 1.68 bits per heavy atom. The van der Waals surface area contributed by atoms with Crippen LogP contribution in [0.2, 0.25) is 0 Å². The van der Waals surface area contributed by atoms with E-state index in [0.29, 0.717) is 12.3 Å². The summed E-state index contributed by atoms with van der Waals surface area (Å²) in [5, 5.41) is 4.07. The summed E-state index contributed by atoms with van der Waals surface area (Å²) in [6.07, 6.45) is 1.45. The fourth-order valence-electron chi connectivity index (χ4n) is 2.82. The summed E-state index contributed by atoms with van der Waals surface area (Å²) in [6.45, 7) is 0.131. The normalized spacial score (nSPS) is 10.7. The number of anilines is 1. The van der Waals surface area contributed by atoms with Crippen molar-refractivity contribution in [3.63, 3.8) is 0 Å². The molecule has 0 spiro atoms. The smallest absolute Gasteiger partial charge is 0.437 e. The maximum absolute atomic E-state index is 13.0. The Balaban J connectivity index is 1.60. The number of rotatable bonds is 6. The van der Waals surface area contributed by atoms with Gasteiger partial charge in [-0.15, -0.1) is 5.10 Å². The van der Waals surface area contributed by atoms with Crippen LogP contribution in [-0.2, 0) is 17.9 Å². The first-order valence-electron chi connectivity index (χ1n) is 8.72. The van der Waals surface area contributed by atoms with E-state index in [4.69, 9.17) is 8.83 Å². The number of aromatic nitrogens is 2. The number of benzene rings is 2. The summed E-state index contributed by atoms with van der Waals surface area (Å²) in [4.78, 5) is 26.8. The highest BCUT2D eigenvalue weighted by Gasteiger charge is 2.20. The van der Waals surface area contributed by atoms with E-state index < -0.39 is 5.76 Å². The molecule has 0 aliphatic rings. The number of carbonyl (C=O) groups excluding carboxylic acids is 1. The number of carbonyl (C=O) groups is 1. The van der Waals surface area contributed by atoms with Crippen LogP contribution in [0.15, 0.2) is 92.7 Å². The molecular formula is C21H17N3O4.